The van der Waals surface area contributed by atoms with Crippen molar-refractivity contribution >= 4 is 11.8 Å². The van der Waals surface area contributed by atoms with Crippen molar-refractivity contribution in [3.63, 3.8) is 0 Å². The Labute approximate surface area is 115 Å². The molecule has 0 aromatic carbocycles. The molecule has 2 amide bonds. The van der Waals surface area contributed by atoms with Crippen LogP contribution in [0, 0.1) is 5.41 Å². The number of hydrogen-bond donors (Lipinski definition) is 1. The molecule has 4 heteroatoms. The normalized spacial score (nSPS) is 30.6. The molecule has 108 valence electrons. The van der Waals surface area contributed by atoms with Gasteiger partial charge in [-0.05, 0) is 38.0 Å². The van der Waals surface area contributed by atoms with E-state index in [2.05, 4.69) is 12.2 Å². The van der Waals surface area contributed by atoms with Crippen LogP contribution in [0.25, 0.3) is 0 Å². The molecule has 1 aliphatic heterocycles. The SMILES string of the molecule is CCC1(CN2CCC(=O)NC(C)(CC)C2=O)CCC1. The van der Waals surface area contributed by atoms with Crippen LogP contribution < -0.4 is 5.32 Å². The first kappa shape index (κ1) is 14.4. The molecule has 0 spiro atoms. The Morgan fingerprint density at radius 3 is 2.37 bits per heavy atom. The molecule has 0 radical (unpaired) electrons. The standard InChI is InChI=1S/C15H26N2O2/c1-4-14(3)13(19)17(10-7-12(18)16-14)11-15(5-2)8-6-9-15/h4-11H2,1-3H3,(H,16,18). The Balaban J connectivity index is 2.15. The first-order chi connectivity index (χ1) is 8.95. The van der Waals surface area contributed by atoms with Gasteiger partial charge in [-0.15, -0.1) is 0 Å². The summed E-state index contributed by atoms with van der Waals surface area (Å²) in [4.78, 5) is 26.4. The number of carbonyl (C=O) groups is 2. The zero-order chi connectivity index (χ0) is 14.1. The molecule has 1 N–H and O–H groups in total. The van der Waals surface area contributed by atoms with E-state index in [0.29, 0.717) is 24.8 Å². The third kappa shape index (κ3) is 2.63. The molecule has 1 atom stereocenters. The Bertz CT molecular complexity index is 371. The van der Waals surface area contributed by atoms with Gasteiger partial charge in [0.15, 0.2) is 0 Å². The molecule has 2 rings (SSSR count). The summed E-state index contributed by atoms with van der Waals surface area (Å²) in [6, 6.07) is 0. The molecule has 1 saturated heterocycles. The molecule has 1 heterocycles. The molecule has 19 heavy (non-hydrogen) atoms. The average Bonchev–Trinajstić information content (AvgIpc) is 2.45. The fourth-order valence-corrected chi connectivity index (χ4v) is 3.21. The average molecular weight is 266 g/mol. The Kier molecular flexibility index (Phi) is 3.88. The second-order valence-electron chi connectivity index (χ2n) is 6.42. The third-order valence-electron chi connectivity index (χ3n) is 5.18. The van der Waals surface area contributed by atoms with Crippen LogP contribution >= 0.6 is 0 Å². The van der Waals surface area contributed by atoms with Crippen LogP contribution in [0.3, 0.4) is 0 Å². The van der Waals surface area contributed by atoms with E-state index in [9.17, 15) is 9.59 Å². The Morgan fingerprint density at radius 1 is 1.21 bits per heavy atom. The smallest absolute Gasteiger partial charge is 0.248 e. The van der Waals surface area contributed by atoms with Gasteiger partial charge in [-0.25, -0.2) is 0 Å². The summed E-state index contributed by atoms with van der Waals surface area (Å²) in [6.07, 6.45) is 5.92. The van der Waals surface area contributed by atoms with E-state index >= 15 is 0 Å². The predicted octanol–water partition coefficient (Wildman–Crippen LogP) is 2.08. The van der Waals surface area contributed by atoms with Gasteiger partial charge in [-0.1, -0.05) is 20.3 Å². The zero-order valence-electron chi connectivity index (χ0n) is 12.4. The molecule has 2 fully saturated rings. The quantitative estimate of drug-likeness (QED) is 0.847. The van der Waals surface area contributed by atoms with Gasteiger partial charge in [0.25, 0.3) is 0 Å². The van der Waals surface area contributed by atoms with Crippen LogP contribution in [0.5, 0.6) is 0 Å². The van der Waals surface area contributed by atoms with Crippen LogP contribution in [-0.4, -0.2) is 35.3 Å². The highest BCUT2D eigenvalue weighted by molar-refractivity contribution is 5.93. The maximum absolute atomic E-state index is 12.7. The summed E-state index contributed by atoms with van der Waals surface area (Å²) < 4.78 is 0. The van der Waals surface area contributed by atoms with Crippen molar-refractivity contribution in [3.8, 4) is 0 Å². The summed E-state index contributed by atoms with van der Waals surface area (Å²) in [5.74, 6) is 0.0972. The molecule has 0 bridgehead atoms. The van der Waals surface area contributed by atoms with Gasteiger partial charge < -0.3 is 10.2 Å². The summed E-state index contributed by atoms with van der Waals surface area (Å²) in [7, 11) is 0. The highest BCUT2D eigenvalue weighted by atomic mass is 16.2. The minimum absolute atomic E-state index is 0.000595. The van der Waals surface area contributed by atoms with Gasteiger partial charge in [-0.2, -0.15) is 0 Å². The molecular weight excluding hydrogens is 240 g/mol. The van der Waals surface area contributed by atoms with Crippen molar-refractivity contribution in [2.24, 2.45) is 5.41 Å². The van der Waals surface area contributed by atoms with E-state index < -0.39 is 5.54 Å². The maximum Gasteiger partial charge on any atom is 0.248 e. The summed E-state index contributed by atoms with van der Waals surface area (Å²) in [5, 5.41) is 2.89. The molecule has 2 aliphatic rings. The number of carbonyl (C=O) groups excluding carboxylic acids is 2. The molecule has 4 nitrogen and oxygen atoms in total. The fourth-order valence-electron chi connectivity index (χ4n) is 3.21. The van der Waals surface area contributed by atoms with Crippen LogP contribution in [0.15, 0.2) is 0 Å². The van der Waals surface area contributed by atoms with Crippen molar-refractivity contribution in [1.29, 1.82) is 0 Å². The number of rotatable bonds is 4. The summed E-state index contributed by atoms with van der Waals surface area (Å²) in [6.45, 7) is 7.42. The van der Waals surface area contributed by atoms with E-state index in [-0.39, 0.29) is 11.8 Å². The van der Waals surface area contributed by atoms with Crippen LogP contribution in [0.4, 0.5) is 0 Å². The zero-order valence-corrected chi connectivity index (χ0v) is 12.4. The van der Waals surface area contributed by atoms with E-state index in [1.165, 1.54) is 19.3 Å². The number of nitrogens with one attached hydrogen (secondary N) is 1. The van der Waals surface area contributed by atoms with Crippen molar-refractivity contribution in [3.05, 3.63) is 0 Å². The highest BCUT2D eigenvalue weighted by Gasteiger charge is 2.43. The van der Waals surface area contributed by atoms with Gasteiger partial charge >= 0.3 is 0 Å². The van der Waals surface area contributed by atoms with E-state index in [0.717, 1.165) is 13.0 Å². The second kappa shape index (κ2) is 5.14. The van der Waals surface area contributed by atoms with Gasteiger partial charge in [0.2, 0.25) is 11.8 Å². The monoisotopic (exact) mass is 266 g/mol. The van der Waals surface area contributed by atoms with Gasteiger partial charge in [0.05, 0.1) is 0 Å². The fraction of sp³-hybridized carbons (Fsp3) is 0.867. The third-order valence-corrected chi connectivity index (χ3v) is 5.18. The molecule has 0 aromatic heterocycles. The van der Waals surface area contributed by atoms with E-state index in [1.54, 1.807) is 0 Å². The summed E-state index contributed by atoms with van der Waals surface area (Å²) >= 11 is 0. The van der Waals surface area contributed by atoms with Crippen LogP contribution in [0.2, 0.25) is 0 Å². The largest absolute Gasteiger partial charge is 0.342 e. The molecule has 1 aliphatic carbocycles. The highest BCUT2D eigenvalue weighted by Crippen LogP contribution is 2.44. The van der Waals surface area contributed by atoms with Gasteiger partial charge in [0.1, 0.15) is 5.54 Å². The van der Waals surface area contributed by atoms with Crippen LogP contribution in [-0.2, 0) is 9.59 Å². The number of nitrogens with zero attached hydrogens (tertiary/aromatic N) is 1. The molecule has 0 aromatic rings. The van der Waals surface area contributed by atoms with Crippen molar-refractivity contribution in [1.82, 2.24) is 10.2 Å². The minimum atomic E-state index is -0.716. The second-order valence-corrected chi connectivity index (χ2v) is 6.42. The van der Waals surface area contributed by atoms with Gasteiger partial charge in [0, 0.05) is 19.5 Å². The topological polar surface area (TPSA) is 49.4 Å². The lowest BCUT2D eigenvalue weighted by molar-refractivity contribution is -0.140. The molecule has 1 saturated carbocycles. The minimum Gasteiger partial charge on any atom is -0.342 e. The van der Waals surface area contributed by atoms with Crippen LogP contribution in [0.1, 0.15) is 59.3 Å². The van der Waals surface area contributed by atoms with Crippen molar-refractivity contribution < 1.29 is 9.59 Å². The Morgan fingerprint density at radius 2 is 1.89 bits per heavy atom. The number of hydrogen-bond acceptors (Lipinski definition) is 2. The van der Waals surface area contributed by atoms with E-state index in [4.69, 9.17) is 0 Å². The van der Waals surface area contributed by atoms with Crippen molar-refractivity contribution in [2.45, 2.75) is 64.8 Å². The summed E-state index contributed by atoms with van der Waals surface area (Å²) in [5.41, 5.74) is -0.399. The first-order valence-electron chi connectivity index (χ1n) is 7.55. The first-order valence-corrected chi connectivity index (χ1v) is 7.55. The molecular formula is C15H26N2O2. The maximum atomic E-state index is 12.7. The van der Waals surface area contributed by atoms with E-state index in [1.807, 2.05) is 18.7 Å². The Hall–Kier alpha value is -1.06. The number of amides is 2. The van der Waals surface area contributed by atoms with Crippen molar-refractivity contribution in [2.75, 3.05) is 13.1 Å². The predicted molar refractivity (Wildman–Crippen MR) is 74.6 cm³/mol. The molecule has 1 unspecified atom stereocenters. The lowest BCUT2D eigenvalue weighted by atomic mass is 9.66. The lowest BCUT2D eigenvalue weighted by Gasteiger charge is -2.45. The van der Waals surface area contributed by atoms with Gasteiger partial charge in [-0.3, -0.25) is 9.59 Å². The lowest BCUT2D eigenvalue weighted by Crippen LogP contribution is -2.56.